The zero-order valence-electron chi connectivity index (χ0n) is 21.7. The van der Waals surface area contributed by atoms with E-state index in [0.29, 0.717) is 17.4 Å². The smallest absolute Gasteiger partial charge is 0.250 e. The predicted octanol–water partition coefficient (Wildman–Crippen LogP) is 5.36. The number of hydrogen-bond donors (Lipinski definition) is 3. The van der Waals surface area contributed by atoms with Crippen molar-refractivity contribution in [2.24, 2.45) is 7.05 Å². The molecule has 2 aliphatic rings. The van der Waals surface area contributed by atoms with E-state index in [2.05, 4.69) is 37.8 Å². The van der Waals surface area contributed by atoms with Crippen molar-refractivity contribution in [2.75, 3.05) is 11.1 Å². The van der Waals surface area contributed by atoms with Crippen LogP contribution < -0.4 is 16.4 Å². The fraction of sp³-hybridized carbons (Fsp3) is 0.379. The van der Waals surface area contributed by atoms with E-state index in [1.165, 1.54) is 50.4 Å². The second kappa shape index (κ2) is 11.9. The number of carbonyl (C=O) groups is 2. The average Bonchev–Trinajstić information content (AvgIpc) is 3.52. The summed E-state index contributed by atoms with van der Waals surface area (Å²) in [6.45, 7) is 5.37. The Morgan fingerprint density at radius 1 is 1.14 bits per heavy atom. The maximum atomic E-state index is 11.9. The number of anilines is 2. The Kier molecular flexibility index (Phi) is 8.38. The third-order valence-electron chi connectivity index (χ3n) is 7.07. The zero-order chi connectivity index (χ0) is 26.4. The first-order valence-electron chi connectivity index (χ1n) is 13.0. The number of aromatic nitrogens is 3. The molecule has 5 rings (SSSR count). The molecule has 0 spiro atoms. The first kappa shape index (κ1) is 26.1. The molecule has 0 radical (unpaired) electrons. The number of aryl methyl sites for hydroxylation is 1. The van der Waals surface area contributed by atoms with E-state index in [1.54, 1.807) is 6.92 Å². The normalized spacial score (nSPS) is 15.5. The average molecular weight is 501 g/mol. The van der Waals surface area contributed by atoms with E-state index in [0.717, 1.165) is 52.8 Å². The van der Waals surface area contributed by atoms with E-state index >= 15 is 0 Å². The third-order valence-corrected chi connectivity index (χ3v) is 7.07. The molecule has 8 nitrogen and oxygen atoms in total. The minimum Gasteiger partial charge on any atom is -0.383 e. The SMILES string of the molecule is C=C(C)C(=O)Nc1ccc(-c2c(C3=CCCCC3)c3c(N)ncnc3n2C)cc1.O=CNC1CCCC1. The van der Waals surface area contributed by atoms with Gasteiger partial charge in [-0.25, -0.2) is 9.97 Å². The van der Waals surface area contributed by atoms with Crippen LogP contribution in [0.15, 0.2) is 48.8 Å². The maximum Gasteiger partial charge on any atom is 0.250 e. The highest BCUT2D eigenvalue weighted by Gasteiger charge is 2.23. The molecule has 2 aromatic heterocycles. The van der Waals surface area contributed by atoms with Gasteiger partial charge in [-0.05, 0) is 68.7 Å². The van der Waals surface area contributed by atoms with Crippen LogP contribution in [0.2, 0.25) is 0 Å². The van der Waals surface area contributed by atoms with Gasteiger partial charge in [0.05, 0.1) is 11.1 Å². The number of amides is 2. The second-order valence-electron chi connectivity index (χ2n) is 9.79. The summed E-state index contributed by atoms with van der Waals surface area (Å²) in [6.07, 6.45) is 14.0. The summed E-state index contributed by atoms with van der Waals surface area (Å²) in [7, 11) is 2.01. The predicted molar refractivity (Wildman–Crippen MR) is 150 cm³/mol. The number of nitrogens with zero attached hydrogens (tertiary/aromatic N) is 3. The standard InChI is InChI=1S/C23H25N5O.C6H11NO/c1-14(2)23(29)27-17-11-9-16(10-12-17)20-18(15-7-5-4-6-8-15)19-21(24)25-13-26-22(19)28(20)3;8-5-7-6-3-1-2-4-6/h7,9-13H,1,4-6,8H2,2-3H3,(H,27,29)(H2,24,25,26);5-6H,1-4H2,(H,7,8). The van der Waals surface area contributed by atoms with Crippen LogP contribution in [0.5, 0.6) is 0 Å². The van der Waals surface area contributed by atoms with E-state index in [-0.39, 0.29) is 5.91 Å². The van der Waals surface area contributed by atoms with Crippen LogP contribution in [0, 0.1) is 0 Å². The number of benzene rings is 1. The van der Waals surface area contributed by atoms with Crippen LogP contribution >= 0.6 is 0 Å². The van der Waals surface area contributed by atoms with E-state index in [4.69, 9.17) is 5.73 Å². The van der Waals surface area contributed by atoms with Crippen LogP contribution in [0.1, 0.15) is 63.9 Å². The van der Waals surface area contributed by atoms with Gasteiger partial charge in [0.15, 0.2) is 0 Å². The van der Waals surface area contributed by atoms with E-state index < -0.39 is 0 Å². The number of nitrogens with one attached hydrogen (secondary N) is 2. The van der Waals surface area contributed by atoms with Crippen molar-refractivity contribution in [3.8, 4) is 11.3 Å². The van der Waals surface area contributed by atoms with Crippen molar-refractivity contribution in [1.29, 1.82) is 0 Å². The van der Waals surface area contributed by atoms with Crippen molar-refractivity contribution < 1.29 is 9.59 Å². The van der Waals surface area contributed by atoms with E-state index in [1.807, 2.05) is 31.3 Å². The highest BCUT2D eigenvalue weighted by molar-refractivity contribution is 6.05. The molecule has 2 heterocycles. The molecule has 2 amide bonds. The molecule has 0 saturated heterocycles. The Labute approximate surface area is 218 Å². The Balaban J connectivity index is 0.000000342. The van der Waals surface area contributed by atoms with Crippen LogP contribution in [-0.4, -0.2) is 32.9 Å². The zero-order valence-corrected chi connectivity index (χ0v) is 21.7. The molecule has 1 aromatic carbocycles. The number of rotatable bonds is 6. The van der Waals surface area contributed by atoms with Crippen molar-refractivity contribution in [1.82, 2.24) is 19.9 Å². The molecular formula is C29H36N6O2. The molecule has 2 aliphatic carbocycles. The van der Waals surface area contributed by atoms with E-state index in [9.17, 15) is 9.59 Å². The molecule has 194 valence electrons. The minimum atomic E-state index is -0.182. The second-order valence-corrected chi connectivity index (χ2v) is 9.79. The van der Waals surface area contributed by atoms with Crippen LogP contribution in [0.3, 0.4) is 0 Å². The summed E-state index contributed by atoms with van der Waals surface area (Å²) >= 11 is 0. The van der Waals surface area contributed by atoms with Crippen LogP contribution in [-0.2, 0) is 16.6 Å². The van der Waals surface area contributed by atoms with Gasteiger partial charge in [0.25, 0.3) is 5.91 Å². The van der Waals surface area contributed by atoms with Crippen molar-refractivity contribution in [3.05, 3.63) is 54.4 Å². The molecule has 0 bridgehead atoms. The lowest BCUT2D eigenvalue weighted by molar-refractivity contribution is -0.113. The molecule has 0 unspecified atom stereocenters. The van der Waals surface area contributed by atoms with Gasteiger partial charge in [-0.15, -0.1) is 0 Å². The van der Waals surface area contributed by atoms with Crippen LogP contribution in [0.25, 0.3) is 27.9 Å². The summed E-state index contributed by atoms with van der Waals surface area (Å²) in [5.41, 5.74) is 12.9. The number of nitrogens with two attached hydrogens (primary N) is 1. The molecule has 4 N–H and O–H groups in total. The summed E-state index contributed by atoms with van der Waals surface area (Å²) in [5, 5.41) is 6.53. The number of carbonyl (C=O) groups excluding carboxylic acids is 2. The molecule has 8 heteroatoms. The quantitative estimate of drug-likeness (QED) is 0.311. The topological polar surface area (TPSA) is 115 Å². The van der Waals surface area contributed by atoms with Gasteiger partial charge in [0, 0.05) is 29.9 Å². The summed E-state index contributed by atoms with van der Waals surface area (Å²) in [4.78, 5) is 30.5. The van der Waals surface area contributed by atoms with Crippen molar-refractivity contribution in [2.45, 2.75) is 64.3 Å². The third kappa shape index (κ3) is 5.90. The number of fused-ring (bicyclic) bond motifs is 1. The lowest BCUT2D eigenvalue weighted by atomic mass is 9.90. The maximum absolute atomic E-state index is 11.9. The highest BCUT2D eigenvalue weighted by Crippen LogP contribution is 2.42. The highest BCUT2D eigenvalue weighted by atomic mass is 16.1. The van der Waals surface area contributed by atoms with Gasteiger partial charge in [-0.3, -0.25) is 9.59 Å². The van der Waals surface area contributed by atoms with Crippen molar-refractivity contribution >= 4 is 40.4 Å². The Hall–Kier alpha value is -3.94. The first-order valence-corrected chi connectivity index (χ1v) is 13.0. The molecule has 1 saturated carbocycles. The largest absolute Gasteiger partial charge is 0.383 e. The lowest BCUT2D eigenvalue weighted by Gasteiger charge is -2.16. The lowest BCUT2D eigenvalue weighted by Crippen LogP contribution is -2.23. The van der Waals surface area contributed by atoms with Crippen molar-refractivity contribution in [3.63, 3.8) is 0 Å². The fourth-order valence-corrected chi connectivity index (χ4v) is 5.13. The van der Waals surface area contributed by atoms with Gasteiger partial charge < -0.3 is 20.9 Å². The molecular weight excluding hydrogens is 464 g/mol. The van der Waals surface area contributed by atoms with Crippen LogP contribution in [0.4, 0.5) is 11.5 Å². The number of hydrogen-bond acceptors (Lipinski definition) is 5. The fourth-order valence-electron chi connectivity index (χ4n) is 5.13. The van der Waals surface area contributed by atoms with Gasteiger partial charge in [0.1, 0.15) is 17.8 Å². The molecule has 3 aromatic rings. The monoisotopic (exact) mass is 500 g/mol. The molecule has 0 atom stereocenters. The molecule has 0 aliphatic heterocycles. The minimum absolute atomic E-state index is 0.182. The summed E-state index contributed by atoms with van der Waals surface area (Å²) in [5.74, 6) is 0.321. The molecule has 1 fully saturated rings. The first-order chi connectivity index (χ1) is 17.9. The Morgan fingerprint density at radius 3 is 2.49 bits per heavy atom. The van der Waals surface area contributed by atoms with Gasteiger partial charge in [-0.1, -0.05) is 37.6 Å². The van der Waals surface area contributed by atoms with Gasteiger partial charge in [-0.2, -0.15) is 0 Å². The molecule has 37 heavy (non-hydrogen) atoms. The summed E-state index contributed by atoms with van der Waals surface area (Å²) < 4.78 is 2.08. The number of nitrogen functional groups attached to an aromatic ring is 1. The number of allylic oxidation sites excluding steroid dienone is 2. The summed E-state index contributed by atoms with van der Waals surface area (Å²) in [6, 6.07) is 8.33. The Bertz CT molecular complexity index is 1320. The Morgan fingerprint density at radius 2 is 1.86 bits per heavy atom. The van der Waals surface area contributed by atoms with Gasteiger partial charge >= 0.3 is 0 Å². The van der Waals surface area contributed by atoms with Gasteiger partial charge in [0.2, 0.25) is 6.41 Å².